The van der Waals surface area contributed by atoms with Crippen LogP contribution in [0.15, 0.2) is 91.1 Å². The minimum atomic E-state index is -0.298. The Kier molecular flexibility index (Phi) is 5.95. The van der Waals surface area contributed by atoms with Crippen LogP contribution in [0, 0.1) is 0 Å². The summed E-state index contributed by atoms with van der Waals surface area (Å²) in [5.74, 6) is 1.43. The minimum Gasteiger partial charge on any atom is -0.495 e. The molecule has 1 unspecified atom stereocenters. The molecular weight excluding hydrogens is 426 g/mol. The van der Waals surface area contributed by atoms with Gasteiger partial charge in [0.05, 0.1) is 37.7 Å². The summed E-state index contributed by atoms with van der Waals surface area (Å²) >= 11 is 0. The Hall–Kier alpha value is -4.19. The maximum absolute atomic E-state index is 13.8. The first-order chi connectivity index (χ1) is 16.7. The molecule has 1 aliphatic heterocycles. The van der Waals surface area contributed by atoms with Crippen LogP contribution in [0.4, 0.5) is 10.5 Å². The third kappa shape index (κ3) is 3.99. The number of benzene rings is 3. The average Bonchev–Trinajstić information content (AvgIpc) is 3.29. The highest BCUT2D eigenvalue weighted by molar-refractivity contribution is 5.91. The topological polar surface area (TPSA) is 55.7 Å². The molecule has 34 heavy (non-hydrogen) atoms. The Bertz CT molecular complexity index is 1300. The van der Waals surface area contributed by atoms with Crippen LogP contribution < -0.4 is 14.8 Å². The Labute approximate surface area is 199 Å². The van der Waals surface area contributed by atoms with E-state index in [1.165, 1.54) is 0 Å². The number of nitrogens with one attached hydrogen (secondary N) is 1. The van der Waals surface area contributed by atoms with Gasteiger partial charge in [0.1, 0.15) is 11.5 Å². The van der Waals surface area contributed by atoms with Crippen molar-refractivity contribution in [2.75, 3.05) is 19.0 Å². The van der Waals surface area contributed by atoms with Gasteiger partial charge in [-0.3, -0.25) is 0 Å². The van der Waals surface area contributed by atoms with Crippen molar-refractivity contribution in [3.8, 4) is 17.2 Å². The van der Waals surface area contributed by atoms with Gasteiger partial charge in [0.15, 0.2) is 0 Å². The second kappa shape index (κ2) is 9.35. The lowest BCUT2D eigenvalue weighted by Crippen LogP contribution is -2.38. The van der Waals surface area contributed by atoms with Gasteiger partial charge in [-0.2, -0.15) is 0 Å². The quantitative estimate of drug-likeness (QED) is 0.402. The van der Waals surface area contributed by atoms with Crippen LogP contribution in [0.25, 0.3) is 5.69 Å². The predicted molar refractivity (Wildman–Crippen MR) is 133 cm³/mol. The molecular formula is C28H27N3O3. The third-order valence-corrected chi connectivity index (χ3v) is 6.08. The molecule has 0 saturated carbocycles. The van der Waals surface area contributed by atoms with E-state index in [4.69, 9.17) is 9.47 Å². The van der Waals surface area contributed by atoms with E-state index in [1.807, 2.05) is 78.6 Å². The van der Waals surface area contributed by atoms with Crippen molar-refractivity contribution in [1.82, 2.24) is 9.47 Å². The molecule has 1 aliphatic rings. The molecule has 172 valence electrons. The van der Waals surface area contributed by atoms with E-state index in [1.54, 1.807) is 7.11 Å². The van der Waals surface area contributed by atoms with E-state index in [0.717, 1.165) is 28.3 Å². The van der Waals surface area contributed by atoms with E-state index in [-0.39, 0.29) is 12.1 Å². The van der Waals surface area contributed by atoms with Crippen molar-refractivity contribution < 1.29 is 14.3 Å². The summed E-state index contributed by atoms with van der Waals surface area (Å²) in [6, 6.07) is 27.2. The molecule has 3 aromatic carbocycles. The standard InChI is InChI=1S/C28H27N3O3/c1-3-34-22-16-14-20(15-17-22)27-25-12-8-18-30(25)24-11-6-4-9-21(24)19-31(27)28(32)29-23-10-5-7-13-26(23)33-2/h4-18,27H,3,19H2,1-2H3,(H,29,32). The summed E-state index contributed by atoms with van der Waals surface area (Å²) in [7, 11) is 1.60. The number of ether oxygens (including phenoxy) is 2. The zero-order valence-corrected chi connectivity index (χ0v) is 19.3. The predicted octanol–water partition coefficient (Wildman–Crippen LogP) is 6.02. The van der Waals surface area contributed by atoms with Gasteiger partial charge in [-0.15, -0.1) is 0 Å². The molecule has 1 N–H and O–H groups in total. The molecule has 5 rings (SSSR count). The molecule has 1 aromatic heterocycles. The molecule has 4 aromatic rings. The molecule has 6 heteroatoms. The van der Waals surface area contributed by atoms with E-state index in [0.29, 0.717) is 24.6 Å². The Balaban J connectivity index is 1.60. The van der Waals surface area contributed by atoms with Gasteiger partial charge in [-0.1, -0.05) is 42.5 Å². The lowest BCUT2D eigenvalue weighted by atomic mass is 10.0. The summed E-state index contributed by atoms with van der Waals surface area (Å²) in [6.07, 6.45) is 2.05. The van der Waals surface area contributed by atoms with Crippen LogP contribution in [0.3, 0.4) is 0 Å². The van der Waals surface area contributed by atoms with Crippen molar-refractivity contribution in [3.05, 3.63) is 108 Å². The van der Waals surface area contributed by atoms with E-state index < -0.39 is 0 Å². The SMILES string of the molecule is CCOc1ccc(C2c3cccn3-c3ccccc3CN2C(=O)Nc2ccccc2OC)cc1. The normalized spacial score (nSPS) is 14.5. The number of methoxy groups -OCH3 is 1. The number of hydrogen-bond donors (Lipinski definition) is 1. The van der Waals surface area contributed by atoms with Crippen molar-refractivity contribution >= 4 is 11.7 Å². The van der Waals surface area contributed by atoms with Crippen molar-refractivity contribution in [3.63, 3.8) is 0 Å². The van der Waals surface area contributed by atoms with Gasteiger partial charge < -0.3 is 24.3 Å². The maximum Gasteiger partial charge on any atom is 0.323 e. The van der Waals surface area contributed by atoms with Crippen LogP contribution in [0.5, 0.6) is 11.5 Å². The summed E-state index contributed by atoms with van der Waals surface area (Å²) < 4.78 is 13.3. The number of fused-ring (bicyclic) bond motifs is 3. The number of urea groups is 1. The molecule has 0 fully saturated rings. The third-order valence-electron chi connectivity index (χ3n) is 6.08. The number of rotatable bonds is 5. The monoisotopic (exact) mass is 453 g/mol. The van der Waals surface area contributed by atoms with Gasteiger partial charge in [-0.05, 0) is 60.5 Å². The zero-order chi connectivity index (χ0) is 23.5. The van der Waals surface area contributed by atoms with Crippen LogP contribution in [0.1, 0.15) is 29.8 Å². The average molecular weight is 454 g/mol. The summed E-state index contributed by atoms with van der Waals surface area (Å²) in [4.78, 5) is 15.7. The number of amides is 2. The van der Waals surface area contributed by atoms with E-state index in [2.05, 4.69) is 34.3 Å². The van der Waals surface area contributed by atoms with Gasteiger partial charge >= 0.3 is 6.03 Å². The number of aromatic nitrogens is 1. The molecule has 0 aliphatic carbocycles. The minimum absolute atomic E-state index is 0.201. The molecule has 0 bridgehead atoms. The Morgan fingerprint density at radius 3 is 2.53 bits per heavy atom. The molecule has 2 heterocycles. The van der Waals surface area contributed by atoms with Crippen molar-refractivity contribution in [2.45, 2.75) is 19.5 Å². The van der Waals surface area contributed by atoms with E-state index in [9.17, 15) is 4.79 Å². The smallest absolute Gasteiger partial charge is 0.323 e. The summed E-state index contributed by atoms with van der Waals surface area (Å²) in [5, 5.41) is 3.07. The number of carbonyl (C=O) groups excluding carboxylic acids is 1. The van der Waals surface area contributed by atoms with Gasteiger partial charge in [0, 0.05) is 11.9 Å². The van der Waals surface area contributed by atoms with Crippen LogP contribution in [-0.2, 0) is 6.54 Å². The summed E-state index contributed by atoms with van der Waals surface area (Å²) in [6.45, 7) is 3.03. The van der Waals surface area contributed by atoms with Gasteiger partial charge in [0.2, 0.25) is 0 Å². The molecule has 2 amide bonds. The first-order valence-corrected chi connectivity index (χ1v) is 11.4. The molecule has 1 atom stereocenters. The molecule has 0 radical (unpaired) electrons. The number of para-hydroxylation sites is 3. The fraction of sp³-hybridized carbons (Fsp3) is 0.179. The van der Waals surface area contributed by atoms with Crippen molar-refractivity contribution in [1.29, 1.82) is 0 Å². The van der Waals surface area contributed by atoms with Crippen LogP contribution in [-0.4, -0.2) is 29.2 Å². The lowest BCUT2D eigenvalue weighted by Gasteiger charge is -2.31. The Morgan fingerprint density at radius 1 is 0.971 bits per heavy atom. The van der Waals surface area contributed by atoms with Gasteiger partial charge in [0.25, 0.3) is 0 Å². The van der Waals surface area contributed by atoms with Crippen LogP contribution >= 0.6 is 0 Å². The highest BCUT2D eigenvalue weighted by Crippen LogP contribution is 2.37. The first-order valence-electron chi connectivity index (χ1n) is 11.4. The number of hydrogen-bond acceptors (Lipinski definition) is 3. The second-order valence-electron chi connectivity index (χ2n) is 8.09. The molecule has 0 spiro atoms. The number of anilines is 1. The largest absolute Gasteiger partial charge is 0.495 e. The fourth-order valence-corrected chi connectivity index (χ4v) is 4.54. The second-order valence-corrected chi connectivity index (χ2v) is 8.09. The number of nitrogens with zero attached hydrogens (tertiary/aromatic N) is 2. The highest BCUT2D eigenvalue weighted by Gasteiger charge is 2.33. The molecule has 6 nitrogen and oxygen atoms in total. The number of carbonyl (C=O) groups is 1. The zero-order valence-electron chi connectivity index (χ0n) is 19.3. The van der Waals surface area contributed by atoms with Crippen LogP contribution in [0.2, 0.25) is 0 Å². The van der Waals surface area contributed by atoms with Gasteiger partial charge in [-0.25, -0.2) is 4.79 Å². The fourth-order valence-electron chi connectivity index (χ4n) is 4.54. The highest BCUT2D eigenvalue weighted by atomic mass is 16.5. The lowest BCUT2D eigenvalue weighted by molar-refractivity contribution is 0.194. The van der Waals surface area contributed by atoms with Crippen molar-refractivity contribution in [2.24, 2.45) is 0 Å². The maximum atomic E-state index is 13.8. The molecule has 0 saturated heterocycles. The summed E-state index contributed by atoms with van der Waals surface area (Å²) in [5.41, 5.74) is 4.80. The Morgan fingerprint density at radius 2 is 1.74 bits per heavy atom. The van der Waals surface area contributed by atoms with E-state index >= 15 is 0 Å². The first kappa shape index (κ1) is 21.6.